The molecule has 2 unspecified atom stereocenters. The van der Waals surface area contributed by atoms with Crippen LogP contribution in [-0.2, 0) is 25.5 Å². The van der Waals surface area contributed by atoms with E-state index in [1.807, 2.05) is 30.5 Å². The van der Waals surface area contributed by atoms with Gasteiger partial charge in [0.2, 0.25) is 5.76 Å². The van der Waals surface area contributed by atoms with Crippen LogP contribution < -0.4 is 14.2 Å². The summed E-state index contributed by atoms with van der Waals surface area (Å²) in [6.07, 6.45) is 3.36. The number of aromatic amines is 1. The van der Waals surface area contributed by atoms with Crippen molar-refractivity contribution in [3.63, 3.8) is 0 Å². The summed E-state index contributed by atoms with van der Waals surface area (Å²) < 4.78 is 23.4. The number of aliphatic hydroxyl groups is 1. The van der Waals surface area contributed by atoms with Gasteiger partial charge in [0, 0.05) is 47.7 Å². The van der Waals surface area contributed by atoms with Crippen molar-refractivity contribution in [1.29, 1.82) is 0 Å². The predicted octanol–water partition coefficient (Wildman–Crippen LogP) is 4.95. The number of rotatable bonds is 6. The maximum atomic E-state index is 13.3. The fourth-order valence-electron chi connectivity index (χ4n) is 6.24. The molecule has 6 rings (SSSR count). The summed E-state index contributed by atoms with van der Waals surface area (Å²) in [4.78, 5) is 42.3. The number of fused-ring (bicyclic) bond motifs is 3. The zero-order valence-electron chi connectivity index (χ0n) is 24.0. The second-order valence-electron chi connectivity index (χ2n) is 11.4. The third kappa shape index (κ3) is 4.58. The number of hydrogen-bond donors (Lipinski definition) is 2. The molecule has 2 aromatic carbocycles. The van der Waals surface area contributed by atoms with Crippen LogP contribution in [0, 0.1) is 0 Å². The van der Waals surface area contributed by atoms with Crippen LogP contribution in [0.1, 0.15) is 62.6 Å². The molecule has 218 valence electrons. The molecule has 0 saturated heterocycles. The number of ketones is 1. The molecule has 0 bridgehead atoms. The molecule has 0 amide bonds. The molecule has 3 aliphatic rings. The lowest BCUT2D eigenvalue weighted by Gasteiger charge is -2.31. The van der Waals surface area contributed by atoms with Gasteiger partial charge in [-0.2, -0.15) is 0 Å². The van der Waals surface area contributed by atoms with Crippen LogP contribution in [0.5, 0.6) is 17.2 Å². The molecular weight excluding hydrogens is 538 g/mol. The second-order valence-corrected chi connectivity index (χ2v) is 11.4. The minimum Gasteiger partial charge on any atom is -0.496 e. The van der Waals surface area contributed by atoms with Crippen LogP contribution in [0.15, 0.2) is 53.4 Å². The molecule has 1 fully saturated rings. The van der Waals surface area contributed by atoms with Crippen molar-refractivity contribution in [2.75, 3.05) is 13.7 Å². The lowest BCUT2D eigenvalue weighted by Crippen LogP contribution is -2.39. The molecule has 0 spiro atoms. The summed E-state index contributed by atoms with van der Waals surface area (Å²) in [5.74, 6) is -0.0966. The van der Waals surface area contributed by atoms with E-state index in [1.54, 1.807) is 26.8 Å². The van der Waals surface area contributed by atoms with E-state index in [0.29, 0.717) is 48.2 Å². The number of carbonyl (C=O) groups excluding carboxylic acids is 3. The molecule has 2 N–H and O–H groups in total. The van der Waals surface area contributed by atoms with Crippen molar-refractivity contribution < 1.29 is 38.4 Å². The van der Waals surface area contributed by atoms with Crippen molar-refractivity contribution >= 4 is 34.5 Å². The van der Waals surface area contributed by atoms with E-state index >= 15 is 0 Å². The highest BCUT2D eigenvalue weighted by molar-refractivity contribution is 6.10. The summed E-state index contributed by atoms with van der Waals surface area (Å²) in [7, 11) is 1.53. The Bertz CT molecular complexity index is 1690. The van der Waals surface area contributed by atoms with Crippen LogP contribution >= 0.6 is 0 Å². The number of hydrogen-bond acceptors (Lipinski definition) is 8. The Labute approximate surface area is 243 Å². The Hall–Kier alpha value is -4.37. The Balaban J connectivity index is 1.55. The SMILES string of the molecule is CCOC(=O)C1=C(C=O)C(=C2CCC(=O)C(c3ccc4[nH]ccc4c3)C2)c2c(cc3c(c2OC)CC(C(C)(C)O)O3)O1. The highest BCUT2D eigenvalue weighted by atomic mass is 16.6. The van der Waals surface area contributed by atoms with E-state index < -0.39 is 23.6 Å². The van der Waals surface area contributed by atoms with Gasteiger partial charge < -0.3 is 29.0 Å². The summed E-state index contributed by atoms with van der Waals surface area (Å²) >= 11 is 0. The van der Waals surface area contributed by atoms with Crippen molar-refractivity contribution in [3.8, 4) is 17.2 Å². The number of esters is 1. The normalized spacial score (nSPS) is 21.9. The number of methoxy groups -OCH3 is 1. The Morgan fingerprint density at radius 3 is 2.69 bits per heavy atom. The van der Waals surface area contributed by atoms with Gasteiger partial charge in [-0.3, -0.25) is 9.59 Å². The fourth-order valence-corrected chi connectivity index (χ4v) is 6.24. The maximum Gasteiger partial charge on any atom is 0.375 e. The summed E-state index contributed by atoms with van der Waals surface area (Å²) in [5.41, 5.74) is 3.41. The molecule has 42 heavy (non-hydrogen) atoms. The largest absolute Gasteiger partial charge is 0.496 e. The third-order valence-electron chi connectivity index (χ3n) is 8.36. The number of aromatic nitrogens is 1. The van der Waals surface area contributed by atoms with Gasteiger partial charge in [0.15, 0.2) is 6.29 Å². The van der Waals surface area contributed by atoms with Crippen LogP contribution in [0.25, 0.3) is 16.5 Å². The first-order valence-corrected chi connectivity index (χ1v) is 14.1. The van der Waals surface area contributed by atoms with E-state index in [0.717, 1.165) is 27.6 Å². The first-order valence-electron chi connectivity index (χ1n) is 14.1. The zero-order valence-corrected chi connectivity index (χ0v) is 24.0. The van der Waals surface area contributed by atoms with Gasteiger partial charge >= 0.3 is 5.97 Å². The summed E-state index contributed by atoms with van der Waals surface area (Å²) in [6, 6.07) is 9.57. The molecule has 9 heteroatoms. The van der Waals surface area contributed by atoms with Gasteiger partial charge in [-0.1, -0.05) is 11.6 Å². The van der Waals surface area contributed by atoms with Gasteiger partial charge in [0.1, 0.15) is 29.1 Å². The standard InChI is InChI=1S/C33H33NO8/c1-5-40-32(37)31-22(16-35)28(19-7-9-24(36)20(13-19)17-6-8-23-18(12-17)10-11-34-23)29-26(42-31)15-25-21(30(29)39-4)14-27(41-25)33(2,3)38/h6,8,10-12,15-16,20,27,34,38H,5,7,9,13-14H2,1-4H3. The van der Waals surface area contributed by atoms with Gasteiger partial charge in [-0.15, -0.1) is 0 Å². The van der Waals surface area contributed by atoms with Crippen LogP contribution in [-0.4, -0.2) is 53.6 Å². The zero-order chi connectivity index (χ0) is 29.8. The molecule has 1 aromatic heterocycles. The molecule has 1 aliphatic carbocycles. The number of H-pyrrole nitrogens is 1. The van der Waals surface area contributed by atoms with E-state index in [1.165, 1.54) is 7.11 Å². The number of allylic oxidation sites excluding steroid dienone is 3. The van der Waals surface area contributed by atoms with Gasteiger partial charge in [0.05, 0.1) is 30.5 Å². The minimum absolute atomic E-state index is 0.0568. The van der Waals surface area contributed by atoms with Gasteiger partial charge in [0.25, 0.3) is 0 Å². The Morgan fingerprint density at radius 2 is 1.98 bits per heavy atom. The van der Waals surface area contributed by atoms with Crippen molar-refractivity contribution in [3.05, 3.63) is 70.1 Å². The first kappa shape index (κ1) is 27.8. The molecule has 3 heterocycles. The monoisotopic (exact) mass is 571 g/mol. The minimum atomic E-state index is -1.13. The second kappa shape index (κ2) is 10.5. The molecule has 2 atom stereocenters. The topological polar surface area (TPSA) is 124 Å². The summed E-state index contributed by atoms with van der Waals surface area (Å²) in [5, 5.41) is 11.7. The van der Waals surface area contributed by atoms with Crippen molar-refractivity contribution in [1.82, 2.24) is 4.98 Å². The van der Waals surface area contributed by atoms with E-state index in [9.17, 15) is 19.5 Å². The smallest absolute Gasteiger partial charge is 0.375 e. The molecule has 2 aliphatic heterocycles. The highest BCUT2D eigenvalue weighted by Gasteiger charge is 2.42. The lowest BCUT2D eigenvalue weighted by molar-refractivity contribution is -0.141. The Kier molecular flexibility index (Phi) is 6.93. The Morgan fingerprint density at radius 1 is 1.17 bits per heavy atom. The van der Waals surface area contributed by atoms with Crippen molar-refractivity contribution in [2.45, 2.75) is 64.1 Å². The molecule has 9 nitrogen and oxygen atoms in total. The fraction of sp³-hybridized carbons (Fsp3) is 0.364. The highest BCUT2D eigenvalue weighted by Crippen LogP contribution is 2.54. The van der Waals surface area contributed by atoms with Crippen LogP contribution in [0.2, 0.25) is 0 Å². The van der Waals surface area contributed by atoms with Gasteiger partial charge in [-0.05, 0) is 62.8 Å². The van der Waals surface area contributed by atoms with Crippen molar-refractivity contribution in [2.24, 2.45) is 0 Å². The predicted molar refractivity (Wildman–Crippen MR) is 155 cm³/mol. The number of ether oxygens (including phenoxy) is 4. The molecule has 3 aromatic rings. The number of carbonyl (C=O) groups is 3. The van der Waals surface area contributed by atoms with Crippen LogP contribution in [0.3, 0.4) is 0 Å². The maximum absolute atomic E-state index is 13.3. The number of Topliss-reactive ketones (excluding diaryl/α,β-unsaturated/α-hetero) is 1. The number of aldehydes is 1. The van der Waals surface area contributed by atoms with Gasteiger partial charge in [-0.25, -0.2) is 4.79 Å². The average molecular weight is 572 g/mol. The first-order chi connectivity index (χ1) is 20.1. The number of benzene rings is 2. The molecule has 0 radical (unpaired) electrons. The quantitative estimate of drug-likeness (QED) is 0.315. The van der Waals surface area contributed by atoms with E-state index in [2.05, 4.69) is 4.98 Å². The van der Waals surface area contributed by atoms with E-state index in [-0.39, 0.29) is 35.9 Å². The third-order valence-corrected chi connectivity index (χ3v) is 8.36. The number of nitrogens with one attached hydrogen (secondary N) is 1. The average Bonchev–Trinajstić information content (AvgIpc) is 3.62. The molecule has 1 saturated carbocycles. The molecular formula is C33H33NO8. The lowest BCUT2D eigenvalue weighted by atomic mass is 9.75. The summed E-state index contributed by atoms with van der Waals surface area (Å²) in [6.45, 7) is 5.12. The van der Waals surface area contributed by atoms with Crippen LogP contribution in [0.4, 0.5) is 0 Å². The van der Waals surface area contributed by atoms with E-state index in [4.69, 9.17) is 18.9 Å².